The minimum atomic E-state index is -0.448. The van der Waals surface area contributed by atoms with Gasteiger partial charge in [0.25, 0.3) is 0 Å². The molecule has 1 unspecified atom stereocenters. The van der Waals surface area contributed by atoms with Crippen molar-refractivity contribution in [2.45, 2.75) is 32.2 Å². The molecule has 13 heteroatoms. The molecule has 0 fully saturated rings. The predicted octanol–water partition coefficient (Wildman–Crippen LogP) is 4.71. The number of hydrogen-bond donors (Lipinski definition) is 1. The zero-order valence-electron chi connectivity index (χ0n) is 21.2. The first-order valence-corrected chi connectivity index (χ1v) is 12.1. The van der Waals surface area contributed by atoms with E-state index < -0.39 is 5.82 Å². The Bertz CT molecular complexity index is 1410. The quantitative estimate of drug-likeness (QED) is 0.157. The molecule has 0 saturated heterocycles. The molecule has 37 heavy (non-hydrogen) atoms. The van der Waals surface area contributed by atoms with Gasteiger partial charge in [0.05, 0.1) is 38.7 Å². The van der Waals surface area contributed by atoms with Gasteiger partial charge in [-0.1, -0.05) is 13.5 Å². The lowest BCUT2D eigenvalue weighted by atomic mass is 10.2. The van der Waals surface area contributed by atoms with Crippen LogP contribution < -0.4 is 4.72 Å². The number of nitrogens with zero attached hydrogens (tertiary/aromatic N) is 6. The van der Waals surface area contributed by atoms with E-state index in [2.05, 4.69) is 31.5 Å². The van der Waals surface area contributed by atoms with Gasteiger partial charge in [-0.3, -0.25) is 14.3 Å². The number of rotatable bonds is 12. The number of nitrogens with one attached hydrogen (secondary N) is 1. The topological polar surface area (TPSA) is 114 Å². The number of halogens is 1. The molecule has 4 rings (SSSR count). The van der Waals surface area contributed by atoms with E-state index in [0.29, 0.717) is 57.9 Å². The summed E-state index contributed by atoms with van der Waals surface area (Å²) in [4.78, 5) is 8.66. The molecule has 0 aromatic carbocycles. The molecule has 4 aromatic rings. The van der Waals surface area contributed by atoms with Crippen LogP contribution in [-0.4, -0.2) is 55.9 Å². The molecule has 0 bridgehead atoms. The fourth-order valence-electron chi connectivity index (χ4n) is 3.75. The highest BCUT2D eigenvalue weighted by atomic mass is 32.2. The van der Waals surface area contributed by atoms with Gasteiger partial charge in [0.2, 0.25) is 11.8 Å². The molecular weight excluding hydrogens is 501 g/mol. The number of methoxy groups -OCH3 is 3. The highest BCUT2D eigenvalue weighted by molar-refractivity contribution is 8.01. The van der Waals surface area contributed by atoms with Crippen molar-refractivity contribution in [1.82, 2.24) is 29.3 Å². The molecule has 0 spiro atoms. The Morgan fingerprint density at radius 1 is 1.24 bits per heavy atom. The summed E-state index contributed by atoms with van der Waals surface area (Å²) >= 11 is 1.40. The lowest BCUT2D eigenvalue weighted by Crippen LogP contribution is -2.12. The maximum absolute atomic E-state index is 14.5. The summed E-state index contributed by atoms with van der Waals surface area (Å²) in [5.41, 5.74) is 2.07. The van der Waals surface area contributed by atoms with Crippen molar-refractivity contribution in [3.05, 3.63) is 60.5 Å². The van der Waals surface area contributed by atoms with Crippen LogP contribution in [0, 0.1) is 5.82 Å². The Labute approximate surface area is 217 Å². The number of hydrogen-bond acceptors (Lipinski definition) is 10. The van der Waals surface area contributed by atoms with E-state index in [9.17, 15) is 4.39 Å². The number of pyridine rings is 1. The third-order valence-corrected chi connectivity index (χ3v) is 6.42. The lowest BCUT2D eigenvalue weighted by Gasteiger charge is -2.18. The molecule has 11 nitrogen and oxygen atoms in total. The molecular formula is C24H28FN7O4S. The second-order valence-corrected chi connectivity index (χ2v) is 9.26. The molecule has 4 aromatic heterocycles. The Morgan fingerprint density at radius 2 is 2.05 bits per heavy atom. The van der Waals surface area contributed by atoms with Gasteiger partial charge >= 0.3 is 0 Å². The fourth-order valence-corrected chi connectivity index (χ4v) is 4.43. The summed E-state index contributed by atoms with van der Waals surface area (Å²) in [7, 11) is 4.63. The Kier molecular flexibility index (Phi) is 8.14. The summed E-state index contributed by atoms with van der Waals surface area (Å²) in [5, 5.41) is 8.65. The van der Waals surface area contributed by atoms with Crippen LogP contribution in [0.3, 0.4) is 0 Å². The Morgan fingerprint density at radius 3 is 2.73 bits per heavy atom. The van der Waals surface area contributed by atoms with Crippen LogP contribution in [0.5, 0.6) is 0 Å². The number of aromatic nitrogens is 6. The summed E-state index contributed by atoms with van der Waals surface area (Å²) in [6.07, 6.45) is 4.83. The smallest absolute Gasteiger partial charge is 0.239 e. The highest BCUT2D eigenvalue weighted by Crippen LogP contribution is 2.32. The standard InChI is InChI=1S/C24H28FN7O4S/c1-14(10-18-20-22(17(25)11-26-18)31(12-27-20)13-33-4)37-30-24-29-28-23(19-8-7-9-36-19)32(24)21(15(2)34-5)16(3)35-6/h7-9,11-12,14H,2,10,13H2,1,3-6H3,(H,29,30)/b21-16-. The van der Waals surface area contributed by atoms with Crippen molar-refractivity contribution in [3.63, 3.8) is 0 Å². The zero-order valence-corrected chi connectivity index (χ0v) is 22.0. The van der Waals surface area contributed by atoms with E-state index in [1.54, 1.807) is 55.0 Å². The van der Waals surface area contributed by atoms with Crippen molar-refractivity contribution in [2.75, 3.05) is 26.1 Å². The van der Waals surface area contributed by atoms with Crippen LogP contribution in [-0.2, 0) is 27.4 Å². The van der Waals surface area contributed by atoms with E-state index in [1.165, 1.54) is 25.3 Å². The molecule has 4 heterocycles. The maximum atomic E-state index is 14.5. The minimum absolute atomic E-state index is 0.00692. The molecule has 196 valence electrons. The predicted molar refractivity (Wildman–Crippen MR) is 139 cm³/mol. The van der Waals surface area contributed by atoms with Crippen LogP contribution in [0.25, 0.3) is 28.3 Å². The maximum Gasteiger partial charge on any atom is 0.239 e. The van der Waals surface area contributed by atoms with Crippen molar-refractivity contribution < 1.29 is 23.0 Å². The van der Waals surface area contributed by atoms with Crippen LogP contribution in [0.15, 0.2) is 53.4 Å². The first kappa shape index (κ1) is 26.2. The first-order valence-electron chi connectivity index (χ1n) is 11.3. The summed E-state index contributed by atoms with van der Waals surface area (Å²) in [6.45, 7) is 8.01. The van der Waals surface area contributed by atoms with Gasteiger partial charge in [-0.2, -0.15) is 0 Å². The lowest BCUT2D eigenvalue weighted by molar-refractivity contribution is 0.134. The number of ether oxygens (including phenoxy) is 3. The average Bonchev–Trinajstić information content (AvgIpc) is 3.65. The second kappa shape index (κ2) is 11.5. The third kappa shape index (κ3) is 5.32. The van der Waals surface area contributed by atoms with E-state index >= 15 is 0 Å². The summed E-state index contributed by atoms with van der Waals surface area (Å²) in [6, 6.07) is 3.55. The molecule has 0 aliphatic rings. The average molecular weight is 530 g/mol. The Hall–Kier alpha value is -3.84. The minimum Gasteiger partial charge on any atom is -0.499 e. The van der Waals surface area contributed by atoms with Gasteiger partial charge in [-0.25, -0.2) is 9.37 Å². The van der Waals surface area contributed by atoms with Gasteiger partial charge in [0.15, 0.2) is 11.6 Å². The molecule has 0 aliphatic heterocycles. The number of allylic oxidation sites excluding steroid dienone is 2. The number of imidazole rings is 1. The summed E-state index contributed by atoms with van der Waals surface area (Å²) < 4.78 is 42.7. The molecule has 0 radical (unpaired) electrons. The van der Waals surface area contributed by atoms with E-state index in [4.69, 9.17) is 18.6 Å². The fraction of sp³-hybridized carbons (Fsp3) is 0.333. The summed E-state index contributed by atoms with van der Waals surface area (Å²) in [5.74, 6) is 1.82. The van der Waals surface area contributed by atoms with Gasteiger partial charge in [-0.05, 0) is 31.0 Å². The van der Waals surface area contributed by atoms with Crippen molar-refractivity contribution in [3.8, 4) is 11.6 Å². The van der Waals surface area contributed by atoms with E-state index in [-0.39, 0.29) is 12.0 Å². The number of fused-ring (bicyclic) bond motifs is 1. The number of anilines is 1. The SMILES string of the molecule is C=C(OC)/C(=C(\C)OC)n1c(NSC(C)Cc2ncc(F)c3c2ncn3COC)nnc1-c1ccco1. The van der Waals surface area contributed by atoms with E-state index in [1.807, 2.05) is 6.92 Å². The van der Waals surface area contributed by atoms with Crippen molar-refractivity contribution in [1.29, 1.82) is 0 Å². The second-order valence-electron chi connectivity index (χ2n) is 8.01. The van der Waals surface area contributed by atoms with Gasteiger partial charge in [-0.15, -0.1) is 10.2 Å². The molecule has 0 amide bonds. The van der Waals surface area contributed by atoms with Crippen LogP contribution in [0.2, 0.25) is 0 Å². The largest absolute Gasteiger partial charge is 0.499 e. The normalized spacial score (nSPS) is 12.9. The van der Waals surface area contributed by atoms with Crippen molar-refractivity contribution in [2.24, 2.45) is 0 Å². The zero-order chi connectivity index (χ0) is 26.5. The van der Waals surface area contributed by atoms with Crippen LogP contribution >= 0.6 is 11.9 Å². The highest BCUT2D eigenvalue weighted by Gasteiger charge is 2.24. The van der Waals surface area contributed by atoms with E-state index in [0.717, 1.165) is 0 Å². The Balaban J connectivity index is 1.61. The first-order chi connectivity index (χ1) is 17.9. The number of furan rings is 1. The monoisotopic (exact) mass is 529 g/mol. The van der Waals surface area contributed by atoms with Crippen molar-refractivity contribution >= 4 is 34.6 Å². The molecule has 0 saturated carbocycles. The molecule has 0 aliphatic carbocycles. The van der Waals surface area contributed by atoms with Gasteiger partial charge in [0, 0.05) is 18.8 Å². The molecule has 1 N–H and O–H groups in total. The van der Waals surface area contributed by atoms with Crippen LogP contribution in [0.1, 0.15) is 19.5 Å². The van der Waals surface area contributed by atoms with Gasteiger partial charge < -0.3 is 23.2 Å². The van der Waals surface area contributed by atoms with Gasteiger partial charge in [0.1, 0.15) is 35.0 Å². The molecule has 1 atom stereocenters. The third-order valence-electron chi connectivity index (χ3n) is 5.55. The van der Waals surface area contributed by atoms with Crippen LogP contribution in [0.4, 0.5) is 10.3 Å².